The van der Waals surface area contributed by atoms with E-state index in [0.29, 0.717) is 0 Å². The molecule has 0 bridgehead atoms. The standard InChI is InChI=1S/C15H22N2O/c1-16-14(18)15(10-4-5-11-15)12-6-8-13(9-7-12)17(2)3/h6-9H,4-5,10-11H2,1-3H3,(H,16,18). The zero-order valence-corrected chi connectivity index (χ0v) is 11.5. The molecule has 18 heavy (non-hydrogen) atoms. The maximum absolute atomic E-state index is 12.2. The lowest BCUT2D eigenvalue weighted by Gasteiger charge is -2.28. The van der Waals surface area contributed by atoms with Gasteiger partial charge in [0.05, 0.1) is 5.41 Å². The van der Waals surface area contributed by atoms with E-state index in [1.54, 1.807) is 7.05 Å². The summed E-state index contributed by atoms with van der Waals surface area (Å²) >= 11 is 0. The molecule has 1 aliphatic rings. The maximum Gasteiger partial charge on any atom is 0.230 e. The highest BCUT2D eigenvalue weighted by atomic mass is 16.2. The zero-order valence-electron chi connectivity index (χ0n) is 11.5. The van der Waals surface area contributed by atoms with Crippen molar-refractivity contribution in [1.82, 2.24) is 5.32 Å². The van der Waals surface area contributed by atoms with Gasteiger partial charge in [-0.1, -0.05) is 25.0 Å². The van der Waals surface area contributed by atoms with E-state index in [0.717, 1.165) is 31.2 Å². The van der Waals surface area contributed by atoms with E-state index in [2.05, 4.69) is 34.5 Å². The Morgan fingerprint density at radius 3 is 2.17 bits per heavy atom. The van der Waals surface area contributed by atoms with Crippen molar-refractivity contribution >= 4 is 11.6 Å². The second kappa shape index (κ2) is 5.01. The third-order valence-corrected chi connectivity index (χ3v) is 4.06. The number of carbonyl (C=O) groups excluding carboxylic acids is 1. The molecule has 1 aromatic carbocycles. The molecule has 0 spiro atoms. The number of carbonyl (C=O) groups is 1. The van der Waals surface area contributed by atoms with E-state index < -0.39 is 0 Å². The molecule has 98 valence electrons. The van der Waals surface area contributed by atoms with Crippen LogP contribution in [-0.4, -0.2) is 27.1 Å². The van der Waals surface area contributed by atoms with Gasteiger partial charge in [-0.15, -0.1) is 0 Å². The number of nitrogens with one attached hydrogen (secondary N) is 1. The normalized spacial score (nSPS) is 17.5. The van der Waals surface area contributed by atoms with Gasteiger partial charge in [-0.2, -0.15) is 0 Å². The van der Waals surface area contributed by atoms with E-state index in [1.807, 2.05) is 14.1 Å². The molecule has 1 aromatic rings. The first-order valence-corrected chi connectivity index (χ1v) is 6.60. The fourth-order valence-corrected chi connectivity index (χ4v) is 2.94. The van der Waals surface area contributed by atoms with Gasteiger partial charge in [-0.3, -0.25) is 4.79 Å². The van der Waals surface area contributed by atoms with Crippen LogP contribution in [0.25, 0.3) is 0 Å². The summed E-state index contributed by atoms with van der Waals surface area (Å²) in [6.07, 6.45) is 4.22. The molecule has 1 aliphatic carbocycles. The van der Waals surface area contributed by atoms with Crippen molar-refractivity contribution in [1.29, 1.82) is 0 Å². The summed E-state index contributed by atoms with van der Waals surface area (Å²) < 4.78 is 0. The van der Waals surface area contributed by atoms with Gasteiger partial charge in [-0.05, 0) is 30.5 Å². The molecule has 1 saturated carbocycles. The lowest BCUT2D eigenvalue weighted by molar-refractivity contribution is -0.126. The van der Waals surface area contributed by atoms with Crippen molar-refractivity contribution in [3.05, 3.63) is 29.8 Å². The van der Waals surface area contributed by atoms with Crippen molar-refractivity contribution in [2.75, 3.05) is 26.0 Å². The van der Waals surface area contributed by atoms with Crippen LogP contribution in [-0.2, 0) is 10.2 Å². The predicted molar refractivity (Wildman–Crippen MR) is 75.0 cm³/mol. The van der Waals surface area contributed by atoms with E-state index in [4.69, 9.17) is 0 Å². The molecule has 3 heteroatoms. The van der Waals surface area contributed by atoms with Crippen molar-refractivity contribution in [2.45, 2.75) is 31.1 Å². The van der Waals surface area contributed by atoms with Crippen molar-refractivity contribution in [2.24, 2.45) is 0 Å². The fourth-order valence-electron chi connectivity index (χ4n) is 2.94. The molecule has 1 amide bonds. The number of hydrogen-bond acceptors (Lipinski definition) is 2. The number of anilines is 1. The highest BCUT2D eigenvalue weighted by Gasteiger charge is 2.41. The summed E-state index contributed by atoms with van der Waals surface area (Å²) in [5, 5.41) is 2.83. The van der Waals surface area contributed by atoms with Crippen LogP contribution in [0.5, 0.6) is 0 Å². The minimum absolute atomic E-state index is 0.164. The Kier molecular flexibility index (Phi) is 3.60. The van der Waals surface area contributed by atoms with Crippen LogP contribution >= 0.6 is 0 Å². The molecule has 0 aliphatic heterocycles. The van der Waals surface area contributed by atoms with Crippen molar-refractivity contribution < 1.29 is 4.79 Å². The highest BCUT2D eigenvalue weighted by Crippen LogP contribution is 2.41. The topological polar surface area (TPSA) is 32.3 Å². The first kappa shape index (κ1) is 12.9. The average Bonchev–Trinajstić information content (AvgIpc) is 2.88. The Morgan fingerprint density at radius 2 is 1.72 bits per heavy atom. The van der Waals surface area contributed by atoms with Crippen LogP contribution in [0.4, 0.5) is 5.69 Å². The van der Waals surface area contributed by atoms with Crippen LogP contribution in [0.15, 0.2) is 24.3 Å². The van der Waals surface area contributed by atoms with Crippen molar-refractivity contribution in [3.8, 4) is 0 Å². The molecular weight excluding hydrogens is 224 g/mol. The number of hydrogen-bond donors (Lipinski definition) is 1. The van der Waals surface area contributed by atoms with Gasteiger partial charge in [0.25, 0.3) is 0 Å². The predicted octanol–water partition coefficient (Wildman–Crippen LogP) is 2.31. The number of amides is 1. The maximum atomic E-state index is 12.2. The van der Waals surface area contributed by atoms with E-state index >= 15 is 0 Å². The minimum atomic E-state index is -0.292. The molecule has 3 nitrogen and oxygen atoms in total. The molecule has 2 rings (SSSR count). The third-order valence-electron chi connectivity index (χ3n) is 4.06. The van der Waals surface area contributed by atoms with Crippen LogP contribution in [0.3, 0.4) is 0 Å². The van der Waals surface area contributed by atoms with E-state index in [1.165, 1.54) is 5.69 Å². The van der Waals surface area contributed by atoms with Crippen LogP contribution in [0, 0.1) is 0 Å². The monoisotopic (exact) mass is 246 g/mol. The second-order valence-corrected chi connectivity index (χ2v) is 5.31. The minimum Gasteiger partial charge on any atom is -0.378 e. The molecule has 0 atom stereocenters. The largest absolute Gasteiger partial charge is 0.378 e. The Bertz CT molecular complexity index is 417. The molecular formula is C15H22N2O. The second-order valence-electron chi connectivity index (χ2n) is 5.31. The Morgan fingerprint density at radius 1 is 1.17 bits per heavy atom. The van der Waals surface area contributed by atoms with Crippen LogP contribution < -0.4 is 10.2 Å². The lowest BCUT2D eigenvalue weighted by atomic mass is 9.78. The highest BCUT2D eigenvalue weighted by molar-refractivity contribution is 5.88. The first-order valence-electron chi connectivity index (χ1n) is 6.60. The Labute approximate surface area is 109 Å². The van der Waals surface area contributed by atoms with Gasteiger partial charge in [0, 0.05) is 26.8 Å². The Balaban J connectivity index is 2.34. The molecule has 1 N–H and O–H groups in total. The number of likely N-dealkylation sites (N-methyl/N-ethyl adjacent to an activating group) is 1. The van der Waals surface area contributed by atoms with E-state index in [9.17, 15) is 4.79 Å². The molecule has 0 unspecified atom stereocenters. The summed E-state index contributed by atoms with van der Waals surface area (Å²) in [4.78, 5) is 14.3. The summed E-state index contributed by atoms with van der Waals surface area (Å²) in [6.45, 7) is 0. The van der Waals surface area contributed by atoms with Gasteiger partial charge < -0.3 is 10.2 Å². The molecule has 0 radical (unpaired) electrons. The smallest absolute Gasteiger partial charge is 0.230 e. The van der Waals surface area contributed by atoms with Gasteiger partial charge in [0.2, 0.25) is 5.91 Å². The van der Waals surface area contributed by atoms with Crippen LogP contribution in [0.1, 0.15) is 31.2 Å². The first-order chi connectivity index (χ1) is 8.60. The quantitative estimate of drug-likeness (QED) is 0.887. The van der Waals surface area contributed by atoms with Crippen LogP contribution in [0.2, 0.25) is 0 Å². The van der Waals surface area contributed by atoms with Gasteiger partial charge in [0.15, 0.2) is 0 Å². The molecule has 0 aromatic heterocycles. The fraction of sp³-hybridized carbons (Fsp3) is 0.533. The van der Waals surface area contributed by atoms with Gasteiger partial charge in [0.1, 0.15) is 0 Å². The Hall–Kier alpha value is -1.51. The lowest BCUT2D eigenvalue weighted by Crippen LogP contribution is -2.40. The SMILES string of the molecule is CNC(=O)C1(c2ccc(N(C)C)cc2)CCCC1. The van der Waals surface area contributed by atoms with E-state index in [-0.39, 0.29) is 11.3 Å². The third kappa shape index (κ3) is 2.09. The summed E-state index contributed by atoms with van der Waals surface area (Å²) in [5.74, 6) is 0.164. The number of rotatable bonds is 3. The molecule has 0 saturated heterocycles. The summed E-state index contributed by atoms with van der Waals surface area (Å²) in [7, 11) is 5.79. The van der Waals surface area contributed by atoms with Gasteiger partial charge >= 0.3 is 0 Å². The average molecular weight is 246 g/mol. The molecule has 1 fully saturated rings. The zero-order chi connectivity index (χ0) is 13.2. The number of benzene rings is 1. The number of nitrogens with zero attached hydrogens (tertiary/aromatic N) is 1. The van der Waals surface area contributed by atoms with Gasteiger partial charge in [-0.25, -0.2) is 0 Å². The molecule has 0 heterocycles. The summed E-state index contributed by atoms with van der Waals surface area (Å²) in [6, 6.07) is 8.41. The summed E-state index contributed by atoms with van der Waals surface area (Å²) in [5.41, 5.74) is 2.04. The van der Waals surface area contributed by atoms with Crippen molar-refractivity contribution in [3.63, 3.8) is 0 Å².